The summed E-state index contributed by atoms with van der Waals surface area (Å²) >= 11 is 1.62. The van der Waals surface area contributed by atoms with Gasteiger partial charge in [-0.3, -0.25) is 9.59 Å². The van der Waals surface area contributed by atoms with E-state index in [-0.39, 0.29) is 47.8 Å². The molecule has 1 aliphatic carbocycles. The van der Waals surface area contributed by atoms with E-state index in [9.17, 15) is 14.7 Å². The molecule has 406 valence electrons. The number of phenolic OH excluding ortho intramolecular Hbond substituents is 1. The Bertz CT molecular complexity index is 2980. The van der Waals surface area contributed by atoms with Crippen LogP contribution in [-0.2, 0) is 14.3 Å². The zero-order valence-corrected chi connectivity index (χ0v) is 45.3. The van der Waals surface area contributed by atoms with Crippen LogP contribution in [0.25, 0.3) is 21.7 Å². The van der Waals surface area contributed by atoms with Gasteiger partial charge in [-0.25, -0.2) is 9.97 Å². The average Bonchev–Trinajstić information content (AvgIpc) is 4.32. The number of carbonyl (C=O) groups is 2. The fraction of sp³-hybridized carbons (Fsp3) is 0.500. The molecule has 4 saturated heterocycles. The second kappa shape index (κ2) is 23.0. The summed E-state index contributed by atoms with van der Waals surface area (Å²) in [6, 6.07) is 23.1. The van der Waals surface area contributed by atoms with Crippen LogP contribution in [-0.4, -0.2) is 134 Å². The Labute approximate surface area is 454 Å². The van der Waals surface area contributed by atoms with E-state index in [1.165, 1.54) is 0 Å². The van der Waals surface area contributed by atoms with Crippen LogP contribution >= 0.6 is 11.3 Å². The number of hydrogen-bond donors (Lipinski definition) is 3. The first-order valence-corrected chi connectivity index (χ1v) is 28.5. The third-order valence-electron chi connectivity index (χ3n) is 16.3. The molecular formula is C58H71N11O7S. The standard InChI is InChI=1S/C58H71N11O7S/c1-35(2)54(58(72)68-23-7-10-48(68)57(71)62-36(3)38-12-14-39(15-13-38)55-37(4)61-34-77-55)51-31-53(65-76-51)73-26-8-22-66-24-19-43(20-25-66)74-44-28-45(29-44)75-52-27-40(18-21-60-52)69-41-16-17-42(69)33-67(32-41)49-30-47(63-64-56(49)59)46-9-5-6-11-50(46)70/h5-6,9,11-15,18,21,27,30-31,34-36,41-45,48,54,70H,7-8,10,16-17,19-20,22-26,28-29,32-33H2,1-4H3,(H2,59,64)(H,62,71)/t36-,41?,42?,44?,45?,48-,54+/m0/s1. The van der Waals surface area contributed by atoms with Crippen molar-refractivity contribution in [3.05, 3.63) is 102 Å². The Morgan fingerprint density at radius 2 is 1.66 bits per heavy atom. The van der Waals surface area contributed by atoms with E-state index in [2.05, 4.69) is 69.6 Å². The number of piperazine rings is 1. The number of nitrogens with two attached hydrogens (primary N) is 1. The maximum Gasteiger partial charge on any atom is 0.254 e. The fourth-order valence-corrected chi connectivity index (χ4v) is 12.9. The van der Waals surface area contributed by atoms with Crippen molar-refractivity contribution >= 4 is 40.3 Å². The number of benzene rings is 2. The van der Waals surface area contributed by atoms with Gasteiger partial charge in [-0.15, -0.1) is 21.5 Å². The maximum absolute atomic E-state index is 14.2. The molecule has 2 aromatic carbocycles. The van der Waals surface area contributed by atoms with Crippen molar-refractivity contribution < 1.29 is 33.4 Å². The number of fused-ring (bicyclic) bond motifs is 2. The quantitative estimate of drug-likeness (QED) is 0.0649. The summed E-state index contributed by atoms with van der Waals surface area (Å²) in [5.41, 5.74) is 14.6. The van der Waals surface area contributed by atoms with Crippen LogP contribution in [0.1, 0.15) is 108 Å². The Hall–Kier alpha value is -6.83. The van der Waals surface area contributed by atoms with Crippen LogP contribution in [0.2, 0.25) is 0 Å². The summed E-state index contributed by atoms with van der Waals surface area (Å²) in [5, 5.41) is 26.4. The molecule has 5 atom stereocenters. The van der Waals surface area contributed by atoms with E-state index in [4.69, 9.17) is 24.5 Å². The number of anilines is 3. The number of rotatable bonds is 19. The van der Waals surface area contributed by atoms with Crippen LogP contribution in [0.15, 0.2) is 89.0 Å². The van der Waals surface area contributed by atoms with Gasteiger partial charge in [0.15, 0.2) is 11.6 Å². The molecule has 11 rings (SSSR count). The summed E-state index contributed by atoms with van der Waals surface area (Å²) in [7, 11) is 0. The third-order valence-corrected chi connectivity index (χ3v) is 17.3. The highest BCUT2D eigenvalue weighted by Gasteiger charge is 2.43. The van der Waals surface area contributed by atoms with Crippen molar-refractivity contribution in [2.75, 3.05) is 61.4 Å². The lowest BCUT2D eigenvalue weighted by atomic mass is 9.91. The Morgan fingerprint density at radius 1 is 0.883 bits per heavy atom. The second-order valence-electron chi connectivity index (χ2n) is 21.9. The van der Waals surface area contributed by atoms with Crippen LogP contribution < -0.4 is 30.3 Å². The van der Waals surface area contributed by atoms with E-state index in [0.717, 1.165) is 117 Å². The van der Waals surface area contributed by atoms with Gasteiger partial charge in [0, 0.05) is 93.8 Å². The Morgan fingerprint density at radius 3 is 2.40 bits per heavy atom. The summed E-state index contributed by atoms with van der Waals surface area (Å²) in [6.07, 6.45) is 10.4. The molecule has 4 N–H and O–H groups in total. The molecule has 8 heterocycles. The topological polar surface area (TPSA) is 211 Å². The van der Waals surface area contributed by atoms with Crippen LogP contribution in [0.4, 0.5) is 17.2 Å². The number of para-hydroxylation sites is 1. The third kappa shape index (κ3) is 11.6. The van der Waals surface area contributed by atoms with Gasteiger partial charge in [0.2, 0.25) is 17.7 Å². The smallest absolute Gasteiger partial charge is 0.254 e. The fourth-order valence-electron chi connectivity index (χ4n) is 12.1. The van der Waals surface area contributed by atoms with Gasteiger partial charge in [0.1, 0.15) is 23.8 Å². The molecule has 4 aliphatic heterocycles. The number of carbonyl (C=O) groups excluding carboxylic acids is 2. The van der Waals surface area contributed by atoms with E-state index < -0.39 is 12.0 Å². The van der Waals surface area contributed by atoms with Crippen LogP contribution in [0.3, 0.4) is 0 Å². The first kappa shape index (κ1) is 52.2. The highest BCUT2D eigenvalue weighted by atomic mass is 32.1. The summed E-state index contributed by atoms with van der Waals surface area (Å²) in [6.45, 7) is 13.4. The van der Waals surface area contributed by atoms with E-state index in [0.29, 0.717) is 66.3 Å². The highest BCUT2D eigenvalue weighted by molar-refractivity contribution is 7.13. The molecule has 5 aliphatic rings. The number of hydrogen-bond acceptors (Lipinski definition) is 17. The van der Waals surface area contributed by atoms with Gasteiger partial charge in [-0.05, 0) is 105 Å². The van der Waals surface area contributed by atoms with Crippen LogP contribution in [0.5, 0.6) is 17.5 Å². The number of pyridine rings is 1. The molecule has 19 heteroatoms. The largest absolute Gasteiger partial charge is 0.507 e. The lowest BCUT2D eigenvalue weighted by Gasteiger charge is -2.43. The molecule has 0 radical (unpaired) electrons. The molecule has 2 bridgehead atoms. The molecule has 2 amide bonds. The minimum atomic E-state index is -0.591. The highest BCUT2D eigenvalue weighted by Crippen LogP contribution is 2.41. The first-order valence-electron chi connectivity index (χ1n) is 27.6. The van der Waals surface area contributed by atoms with Crippen LogP contribution in [0, 0.1) is 12.8 Å². The molecule has 1 saturated carbocycles. The van der Waals surface area contributed by atoms with Gasteiger partial charge in [-0.1, -0.05) is 50.2 Å². The number of amides is 2. The molecule has 5 fully saturated rings. The number of likely N-dealkylation sites (tertiary alicyclic amines) is 2. The first-order chi connectivity index (χ1) is 37.4. The predicted octanol–water partition coefficient (Wildman–Crippen LogP) is 8.57. The van der Waals surface area contributed by atoms with Crippen molar-refractivity contribution in [3.8, 4) is 39.2 Å². The van der Waals surface area contributed by atoms with Crippen molar-refractivity contribution in [1.82, 2.24) is 40.4 Å². The number of thiazole rings is 1. The van der Waals surface area contributed by atoms with Gasteiger partial charge >= 0.3 is 0 Å². The van der Waals surface area contributed by atoms with E-state index in [1.807, 2.05) is 69.7 Å². The Balaban J connectivity index is 0.584. The molecule has 0 spiro atoms. The zero-order valence-electron chi connectivity index (χ0n) is 44.5. The van der Waals surface area contributed by atoms with Gasteiger partial charge in [0.25, 0.3) is 5.88 Å². The van der Waals surface area contributed by atoms with Crippen molar-refractivity contribution in [2.24, 2.45) is 5.92 Å². The van der Waals surface area contributed by atoms with E-state index >= 15 is 0 Å². The van der Waals surface area contributed by atoms with Gasteiger partial charge in [0.05, 0.1) is 52.3 Å². The van der Waals surface area contributed by atoms with Crippen molar-refractivity contribution in [2.45, 2.75) is 134 Å². The Kier molecular flexibility index (Phi) is 15.6. The minimum absolute atomic E-state index is 0.0782. The molecule has 2 unspecified atom stereocenters. The molecular weight excluding hydrogens is 995 g/mol. The molecule has 6 aromatic rings. The number of phenols is 1. The number of aromatic hydroxyl groups is 1. The zero-order chi connectivity index (χ0) is 53.2. The summed E-state index contributed by atoms with van der Waals surface area (Å²) < 4.78 is 24.8. The number of nitrogens with one attached hydrogen (secondary N) is 1. The maximum atomic E-state index is 14.2. The van der Waals surface area contributed by atoms with Crippen molar-refractivity contribution in [1.29, 1.82) is 0 Å². The number of nitrogen functional groups attached to an aromatic ring is 1. The lowest BCUT2D eigenvalue weighted by molar-refractivity contribution is -0.141. The lowest BCUT2D eigenvalue weighted by Crippen LogP contribution is -2.54. The number of ether oxygens (including phenoxy) is 3. The molecule has 18 nitrogen and oxygen atoms in total. The number of piperidine rings is 1. The van der Waals surface area contributed by atoms with Gasteiger partial charge in [-0.2, -0.15) is 0 Å². The van der Waals surface area contributed by atoms with E-state index in [1.54, 1.807) is 34.4 Å². The van der Waals surface area contributed by atoms with Crippen molar-refractivity contribution in [3.63, 3.8) is 0 Å². The SMILES string of the molecule is Cc1ncsc1-c1ccc([C@H](C)NC(=O)[C@@H]2CCCN2C(=O)[C@@H](c2cc(OCCCN3CCC(OC4CC(Oc5cc(N6C7CCC6CN(c6cc(-c8ccccc8O)nnc6N)C7)ccn5)C4)CC3)no2)C(C)C)cc1. The summed E-state index contributed by atoms with van der Waals surface area (Å²) in [5.74, 6) is 1.08. The average molecular weight is 1070 g/mol. The van der Waals surface area contributed by atoms with Gasteiger partial charge < -0.3 is 54.5 Å². The number of aromatic nitrogens is 5. The molecule has 4 aromatic heterocycles. The second-order valence-corrected chi connectivity index (χ2v) is 22.7. The number of nitrogens with zero attached hydrogens (tertiary/aromatic N) is 9. The summed E-state index contributed by atoms with van der Waals surface area (Å²) in [4.78, 5) is 47.0. The number of aryl methyl sites for hydroxylation is 1. The molecule has 77 heavy (non-hydrogen) atoms. The predicted molar refractivity (Wildman–Crippen MR) is 295 cm³/mol. The normalized spacial score (nSPS) is 22.5. The minimum Gasteiger partial charge on any atom is -0.507 e. The monoisotopic (exact) mass is 1070 g/mol.